The maximum atomic E-state index is 8.53. The SMILES string of the molecule is CN(C)C(CNCc1cccc(OCCCC#N)c1)c1ccco1. The Morgan fingerprint density at radius 3 is 2.88 bits per heavy atom. The number of likely N-dealkylation sites (N-methyl/N-ethyl adjacent to an activating group) is 1. The second kappa shape index (κ2) is 9.76. The number of hydrogen-bond acceptors (Lipinski definition) is 5. The molecule has 24 heavy (non-hydrogen) atoms. The van der Waals surface area contributed by atoms with Gasteiger partial charge in [0, 0.05) is 19.5 Å². The second-order valence-corrected chi connectivity index (χ2v) is 5.88. The van der Waals surface area contributed by atoms with Crippen molar-refractivity contribution < 1.29 is 9.15 Å². The van der Waals surface area contributed by atoms with Crippen molar-refractivity contribution in [3.63, 3.8) is 0 Å². The van der Waals surface area contributed by atoms with Crippen molar-refractivity contribution in [3.05, 3.63) is 54.0 Å². The maximum Gasteiger partial charge on any atom is 0.122 e. The summed E-state index contributed by atoms with van der Waals surface area (Å²) in [5, 5.41) is 12.0. The summed E-state index contributed by atoms with van der Waals surface area (Å²) in [6.45, 7) is 2.14. The highest BCUT2D eigenvalue weighted by Gasteiger charge is 2.16. The summed E-state index contributed by atoms with van der Waals surface area (Å²) in [6.07, 6.45) is 2.99. The summed E-state index contributed by atoms with van der Waals surface area (Å²) in [5.41, 5.74) is 1.17. The van der Waals surface area contributed by atoms with Gasteiger partial charge in [-0.05, 0) is 50.3 Å². The van der Waals surface area contributed by atoms with Gasteiger partial charge < -0.3 is 14.5 Å². The number of benzene rings is 1. The summed E-state index contributed by atoms with van der Waals surface area (Å²) in [7, 11) is 4.09. The van der Waals surface area contributed by atoms with E-state index in [1.165, 1.54) is 5.56 Å². The maximum absolute atomic E-state index is 8.53. The van der Waals surface area contributed by atoms with Crippen LogP contribution in [0.5, 0.6) is 5.75 Å². The van der Waals surface area contributed by atoms with Crippen LogP contribution < -0.4 is 10.1 Å². The smallest absolute Gasteiger partial charge is 0.122 e. The van der Waals surface area contributed by atoms with E-state index in [4.69, 9.17) is 14.4 Å². The third-order valence-electron chi connectivity index (χ3n) is 3.76. The lowest BCUT2D eigenvalue weighted by Gasteiger charge is -2.22. The molecule has 0 saturated heterocycles. The van der Waals surface area contributed by atoms with Crippen LogP contribution in [0.1, 0.15) is 30.2 Å². The van der Waals surface area contributed by atoms with E-state index in [1.807, 2.05) is 44.4 Å². The molecule has 5 nitrogen and oxygen atoms in total. The summed E-state index contributed by atoms with van der Waals surface area (Å²) < 4.78 is 11.2. The topological polar surface area (TPSA) is 61.4 Å². The highest BCUT2D eigenvalue weighted by Crippen LogP contribution is 2.18. The Morgan fingerprint density at radius 2 is 2.17 bits per heavy atom. The van der Waals surface area contributed by atoms with Crippen LogP contribution in [0, 0.1) is 11.3 Å². The fourth-order valence-corrected chi connectivity index (χ4v) is 2.46. The minimum absolute atomic E-state index is 0.199. The third-order valence-corrected chi connectivity index (χ3v) is 3.76. The molecule has 1 aromatic carbocycles. The van der Waals surface area contributed by atoms with Crippen molar-refractivity contribution in [2.75, 3.05) is 27.2 Å². The molecule has 2 rings (SSSR count). The molecule has 0 aliphatic carbocycles. The summed E-state index contributed by atoms with van der Waals surface area (Å²) >= 11 is 0. The molecule has 0 saturated carbocycles. The fourth-order valence-electron chi connectivity index (χ4n) is 2.46. The quantitative estimate of drug-likeness (QED) is 0.678. The first-order chi connectivity index (χ1) is 11.7. The van der Waals surface area contributed by atoms with Gasteiger partial charge in [0.05, 0.1) is 25.0 Å². The lowest BCUT2D eigenvalue weighted by Crippen LogP contribution is -2.30. The molecule has 0 bridgehead atoms. The molecule has 1 aromatic heterocycles. The number of rotatable bonds is 10. The summed E-state index contributed by atoms with van der Waals surface area (Å²) in [5.74, 6) is 1.81. The van der Waals surface area contributed by atoms with Crippen molar-refractivity contribution >= 4 is 0 Å². The number of hydrogen-bond donors (Lipinski definition) is 1. The van der Waals surface area contributed by atoms with Gasteiger partial charge in [0.2, 0.25) is 0 Å². The molecular formula is C19H25N3O2. The van der Waals surface area contributed by atoms with Gasteiger partial charge in [0.25, 0.3) is 0 Å². The van der Waals surface area contributed by atoms with E-state index in [1.54, 1.807) is 6.26 Å². The predicted octanol–water partition coefficient (Wildman–Crippen LogP) is 3.35. The highest BCUT2D eigenvalue weighted by molar-refractivity contribution is 5.28. The Labute approximate surface area is 143 Å². The molecule has 0 aliphatic rings. The van der Waals surface area contributed by atoms with Gasteiger partial charge >= 0.3 is 0 Å². The van der Waals surface area contributed by atoms with E-state index in [0.29, 0.717) is 13.0 Å². The van der Waals surface area contributed by atoms with Crippen molar-refractivity contribution in [2.45, 2.75) is 25.4 Å². The average Bonchev–Trinajstić information content (AvgIpc) is 3.10. The zero-order valence-electron chi connectivity index (χ0n) is 14.4. The molecule has 0 spiro atoms. The Balaban J connectivity index is 1.82. The van der Waals surface area contributed by atoms with E-state index in [9.17, 15) is 0 Å². The molecule has 1 atom stereocenters. The van der Waals surface area contributed by atoms with Gasteiger partial charge in [-0.3, -0.25) is 4.90 Å². The van der Waals surface area contributed by atoms with Crippen molar-refractivity contribution in [3.8, 4) is 11.8 Å². The fraction of sp³-hybridized carbons (Fsp3) is 0.421. The van der Waals surface area contributed by atoms with Crippen molar-refractivity contribution in [2.24, 2.45) is 0 Å². The van der Waals surface area contributed by atoms with Crippen LogP contribution in [0.4, 0.5) is 0 Å². The Morgan fingerprint density at radius 1 is 1.29 bits per heavy atom. The number of unbranched alkanes of at least 4 members (excludes halogenated alkanes) is 1. The lowest BCUT2D eigenvalue weighted by atomic mass is 10.2. The van der Waals surface area contributed by atoms with Crippen molar-refractivity contribution in [1.29, 1.82) is 5.26 Å². The van der Waals surface area contributed by atoms with Crippen LogP contribution in [-0.4, -0.2) is 32.1 Å². The second-order valence-electron chi connectivity index (χ2n) is 5.88. The molecule has 0 aliphatic heterocycles. The summed E-state index contributed by atoms with van der Waals surface area (Å²) in [4.78, 5) is 2.14. The normalized spacial score (nSPS) is 12.1. The minimum atomic E-state index is 0.199. The summed E-state index contributed by atoms with van der Waals surface area (Å²) in [6, 6.07) is 14.3. The van der Waals surface area contributed by atoms with E-state index >= 15 is 0 Å². The Kier molecular flexibility index (Phi) is 7.34. The molecule has 1 heterocycles. The van der Waals surface area contributed by atoms with Crippen LogP contribution in [0.25, 0.3) is 0 Å². The molecule has 5 heteroatoms. The number of nitriles is 1. The van der Waals surface area contributed by atoms with Crippen LogP contribution >= 0.6 is 0 Å². The lowest BCUT2D eigenvalue weighted by molar-refractivity contribution is 0.250. The van der Waals surface area contributed by atoms with Crippen molar-refractivity contribution in [1.82, 2.24) is 10.2 Å². The molecular weight excluding hydrogens is 302 g/mol. The highest BCUT2D eigenvalue weighted by atomic mass is 16.5. The zero-order valence-corrected chi connectivity index (χ0v) is 14.4. The van der Waals surface area contributed by atoms with E-state index in [0.717, 1.165) is 31.0 Å². The van der Waals surface area contributed by atoms with Gasteiger partial charge in [0.1, 0.15) is 11.5 Å². The molecule has 0 amide bonds. The van der Waals surface area contributed by atoms with Gasteiger partial charge in [-0.1, -0.05) is 12.1 Å². The number of ether oxygens (including phenoxy) is 1. The predicted molar refractivity (Wildman–Crippen MR) is 93.6 cm³/mol. The number of furan rings is 1. The van der Waals surface area contributed by atoms with Crippen LogP contribution in [0.3, 0.4) is 0 Å². The number of nitrogens with zero attached hydrogens (tertiary/aromatic N) is 2. The molecule has 1 N–H and O–H groups in total. The first kappa shape index (κ1) is 18.1. The molecule has 128 valence electrons. The average molecular weight is 327 g/mol. The van der Waals surface area contributed by atoms with Crippen LogP contribution in [0.15, 0.2) is 47.1 Å². The Hall–Kier alpha value is -2.29. The Bertz CT molecular complexity index is 632. The molecule has 0 fully saturated rings. The van der Waals surface area contributed by atoms with Gasteiger partial charge in [0.15, 0.2) is 0 Å². The molecule has 2 aromatic rings. The van der Waals surface area contributed by atoms with Crippen LogP contribution in [-0.2, 0) is 6.54 Å². The van der Waals surface area contributed by atoms with Gasteiger partial charge in [-0.15, -0.1) is 0 Å². The third kappa shape index (κ3) is 5.73. The standard InChI is InChI=1S/C19H25N3O2/c1-22(2)18(19-9-6-12-24-19)15-21-14-16-7-5-8-17(13-16)23-11-4-3-10-20/h5-9,12-13,18,21H,3-4,11,14-15H2,1-2H3. The van der Waals surface area contributed by atoms with Gasteiger partial charge in [-0.25, -0.2) is 0 Å². The largest absolute Gasteiger partial charge is 0.494 e. The van der Waals surface area contributed by atoms with E-state index in [2.05, 4.69) is 22.4 Å². The minimum Gasteiger partial charge on any atom is -0.494 e. The molecule has 1 unspecified atom stereocenters. The monoisotopic (exact) mass is 327 g/mol. The molecule has 0 radical (unpaired) electrons. The first-order valence-electron chi connectivity index (χ1n) is 8.20. The van der Waals surface area contributed by atoms with E-state index < -0.39 is 0 Å². The zero-order chi connectivity index (χ0) is 17.2. The number of nitrogens with one attached hydrogen (secondary N) is 1. The van der Waals surface area contributed by atoms with Crippen LogP contribution in [0.2, 0.25) is 0 Å². The first-order valence-corrected chi connectivity index (χ1v) is 8.20. The van der Waals surface area contributed by atoms with Gasteiger partial charge in [-0.2, -0.15) is 5.26 Å². The van der Waals surface area contributed by atoms with E-state index in [-0.39, 0.29) is 6.04 Å².